The van der Waals surface area contributed by atoms with Crippen LogP contribution in [-0.4, -0.2) is 28.5 Å². The molecule has 0 spiro atoms. The Kier molecular flexibility index (Phi) is 7.50. The Morgan fingerprint density at radius 3 is 2.60 bits per heavy atom. The maximum absolute atomic E-state index is 12.8. The van der Waals surface area contributed by atoms with Gasteiger partial charge in [-0.1, -0.05) is 62.4 Å². The van der Waals surface area contributed by atoms with Gasteiger partial charge in [0, 0.05) is 23.6 Å². The number of benzene rings is 2. The minimum atomic E-state index is -0.576. The van der Waals surface area contributed by atoms with E-state index in [-0.39, 0.29) is 30.0 Å². The smallest absolute Gasteiger partial charge is 0.408 e. The molecule has 4 rings (SSSR count). The van der Waals surface area contributed by atoms with E-state index in [4.69, 9.17) is 9.15 Å². The molecule has 8 heteroatoms. The molecule has 0 radical (unpaired) electrons. The topological polar surface area (TPSA) is 109 Å². The SMILES string of the molecule is Cc1oc([C@@H](NC(=O)OCc2ccccc2)C(C)C)nc1C(=O)NCCc1c[nH]c2ccccc12. The monoisotopic (exact) mass is 474 g/mol. The highest BCUT2D eigenvalue weighted by Crippen LogP contribution is 2.24. The summed E-state index contributed by atoms with van der Waals surface area (Å²) in [4.78, 5) is 32.8. The van der Waals surface area contributed by atoms with Gasteiger partial charge in [-0.15, -0.1) is 0 Å². The number of H-pyrrole nitrogens is 1. The zero-order chi connectivity index (χ0) is 24.8. The van der Waals surface area contributed by atoms with Gasteiger partial charge < -0.3 is 24.8 Å². The summed E-state index contributed by atoms with van der Waals surface area (Å²) in [7, 11) is 0. The Labute approximate surface area is 204 Å². The maximum Gasteiger partial charge on any atom is 0.408 e. The van der Waals surface area contributed by atoms with Gasteiger partial charge in [0.25, 0.3) is 5.91 Å². The number of aromatic nitrogens is 2. The van der Waals surface area contributed by atoms with Crippen LogP contribution < -0.4 is 10.6 Å². The van der Waals surface area contributed by atoms with E-state index in [1.54, 1.807) is 6.92 Å². The molecule has 0 bridgehead atoms. The van der Waals surface area contributed by atoms with E-state index < -0.39 is 12.1 Å². The van der Waals surface area contributed by atoms with Crippen molar-refractivity contribution in [1.29, 1.82) is 0 Å². The van der Waals surface area contributed by atoms with Crippen LogP contribution in [0.25, 0.3) is 10.9 Å². The number of ether oxygens (including phenoxy) is 1. The number of nitrogens with one attached hydrogen (secondary N) is 3. The highest BCUT2D eigenvalue weighted by atomic mass is 16.5. The average molecular weight is 475 g/mol. The first kappa shape index (κ1) is 24.1. The van der Waals surface area contributed by atoms with Crippen molar-refractivity contribution < 1.29 is 18.7 Å². The van der Waals surface area contributed by atoms with E-state index in [1.165, 1.54) is 0 Å². The Morgan fingerprint density at radius 1 is 1.09 bits per heavy atom. The van der Waals surface area contributed by atoms with Crippen molar-refractivity contribution >= 4 is 22.9 Å². The molecule has 8 nitrogen and oxygen atoms in total. The lowest BCUT2D eigenvalue weighted by Crippen LogP contribution is -2.32. The number of hydrogen-bond donors (Lipinski definition) is 3. The molecule has 0 aliphatic rings. The molecular formula is C27H30N4O4. The molecule has 0 unspecified atom stereocenters. The minimum absolute atomic E-state index is 0.0323. The molecule has 0 aliphatic carbocycles. The number of rotatable bonds is 9. The molecule has 3 N–H and O–H groups in total. The maximum atomic E-state index is 12.8. The zero-order valence-corrected chi connectivity index (χ0v) is 20.1. The highest BCUT2D eigenvalue weighted by Gasteiger charge is 2.27. The van der Waals surface area contributed by atoms with Crippen molar-refractivity contribution in [2.75, 3.05) is 6.54 Å². The molecule has 0 saturated carbocycles. The van der Waals surface area contributed by atoms with Crippen LogP contribution >= 0.6 is 0 Å². The van der Waals surface area contributed by atoms with Crippen molar-refractivity contribution in [3.63, 3.8) is 0 Å². The van der Waals surface area contributed by atoms with E-state index in [0.29, 0.717) is 18.7 Å². The van der Waals surface area contributed by atoms with Crippen LogP contribution in [0.5, 0.6) is 0 Å². The second-order valence-electron chi connectivity index (χ2n) is 8.75. The van der Waals surface area contributed by atoms with Crippen LogP contribution in [0.4, 0.5) is 4.79 Å². The normalized spacial score (nSPS) is 12.0. The van der Waals surface area contributed by atoms with Gasteiger partial charge >= 0.3 is 6.09 Å². The van der Waals surface area contributed by atoms with E-state index in [9.17, 15) is 9.59 Å². The number of oxazole rings is 1. The number of carbonyl (C=O) groups is 2. The van der Waals surface area contributed by atoms with Gasteiger partial charge in [0.1, 0.15) is 18.4 Å². The molecule has 182 valence electrons. The number of para-hydroxylation sites is 1. The summed E-state index contributed by atoms with van der Waals surface area (Å²) >= 11 is 0. The van der Waals surface area contributed by atoms with Crippen LogP contribution in [0, 0.1) is 12.8 Å². The third-order valence-electron chi connectivity index (χ3n) is 5.80. The molecule has 35 heavy (non-hydrogen) atoms. The standard InChI is InChI=1S/C27H30N4O4/c1-17(2)23(31-27(33)34-16-19-9-5-4-6-10-19)26-30-24(18(3)35-26)25(32)28-14-13-20-15-29-22-12-8-7-11-21(20)22/h4-12,15,17,23,29H,13-14,16H2,1-3H3,(H,28,32)(H,31,33)/t23-/m0/s1. The van der Waals surface area contributed by atoms with Crippen molar-refractivity contribution in [3.05, 3.63) is 89.3 Å². The van der Waals surface area contributed by atoms with Gasteiger partial charge in [0.15, 0.2) is 5.69 Å². The quantitative estimate of drug-likeness (QED) is 0.314. The highest BCUT2D eigenvalue weighted by molar-refractivity contribution is 5.93. The Balaban J connectivity index is 1.35. The summed E-state index contributed by atoms with van der Waals surface area (Å²) < 4.78 is 11.1. The van der Waals surface area contributed by atoms with Gasteiger partial charge in [-0.2, -0.15) is 0 Å². The predicted octanol–water partition coefficient (Wildman–Crippen LogP) is 5.06. The van der Waals surface area contributed by atoms with Gasteiger partial charge in [0.2, 0.25) is 5.89 Å². The Morgan fingerprint density at radius 2 is 1.83 bits per heavy atom. The average Bonchev–Trinajstić information content (AvgIpc) is 3.45. The fourth-order valence-electron chi connectivity index (χ4n) is 3.90. The minimum Gasteiger partial charge on any atom is -0.445 e. The first-order valence-corrected chi connectivity index (χ1v) is 11.7. The lowest BCUT2D eigenvalue weighted by atomic mass is 10.1. The van der Waals surface area contributed by atoms with E-state index in [1.807, 2.05) is 68.6 Å². The summed E-state index contributed by atoms with van der Waals surface area (Å²) in [6, 6.07) is 17.0. The molecule has 2 aromatic heterocycles. The molecule has 0 saturated heterocycles. The van der Waals surface area contributed by atoms with Crippen LogP contribution in [0.15, 0.2) is 65.2 Å². The summed E-state index contributed by atoms with van der Waals surface area (Å²) in [5.74, 6) is 0.326. The third kappa shape index (κ3) is 5.90. The Hall–Kier alpha value is -4.07. The molecule has 2 amide bonds. The van der Waals surface area contributed by atoms with Crippen molar-refractivity contribution in [2.24, 2.45) is 5.92 Å². The van der Waals surface area contributed by atoms with E-state index in [0.717, 1.165) is 22.0 Å². The number of aryl methyl sites for hydroxylation is 1. The zero-order valence-electron chi connectivity index (χ0n) is 20.1. The molecule has 0 aliphatic heterocycles. The number of alkyl carbamates (subject to hydrolysis) is 1. The first-order chi connectivity index (χ1) is 16.9. The molecule has 4 aromatic rings. The number of fused-ring (bicyclic) bond motifs is 1. The fourth-order valence-corrected chi connectivity index (χ4v) is 3.90. The molecule has 0 fully saturated rings. The van der Waals surface area contributed by atoms with Crippen molar-refractivity contribution in [1.82, 2.24) is 20.6 Å². The molecule has 2 heterocycles. The van der Waals surface area contributed by atoms with Gasteiger partial charge in [-0.3, -0.25) is 4.79 Å². The summed E-state index contributed by atoms with van der Waals surface area (Å²) in [6.07, 6.45) is 2.07. The molecule has 2 aromatic carbocycles. The van der Waals surface area contributed by atoms with E-state index in [2.05, 4.69) is 26.7 Å². The first-order valence-electron chi connectivity index (χ1n) is 11.7. The number of carbonyl (C=O) groups excluding carboxylic acids is 2. The van der Waals surface area contributed by atoms with Crippen molar-refractivity contribution in [2.45, 2.75) is 39.8 Å². The fraction of sp³-hybridized carbons (Fsp3) is 0.296. The van der Waals surface area contributed by atoms with Crippen molar-refractivity contribution in [3.8, 4) is 0 Å². The largest absolute Gasteiger partial charge is 0.445 e. The number of hydrogen-bond acceptors (Lipinski definition) is 5. The molecular weight excluding hydrogens is 444 g/mol. The summed E-state index contributed by atoms with van der Waals surface area (Å²) in [6.45, 7) is 6.17. The number of nitrogens with zero attached hydrogens (tertiary/aromatic N) is 1. The molecule has 1 atom stereocenters. The number of amides is 2. The third-order valence-corrected chi connectivity index (χ3v) is 5.80. The lowest BCUT2D eigenvalue weighted by molar-refractivity contribution is 0.0948. The second kappa shape index (κ2) is 10.9. The summed E-state index contributed by atoms with van der Waals surface area (Å²) in [5, 5.41) is 6.87. The van der Waals surface area contributed by atoms with E-state index >= 15 is 0 Å². The Bertz CT molecular complexity index is 1290. The van der Waals surface area contributed by atoms with Crippen LogP contribution in [0.2, 0.25) is 0 Å². The second-order valence-corrected chi connectivity index (χ2v) is 8.75. The number of aromatic amines is 1. The lowest BCUT2D eigenvalue weighted by Gasteiger charge is -2.19. The predicted molar refractivity (Wildman–Crippen MR) is 133 cm³/mol. The van der Waals surface area contributed by atoms with Crippen LogP contribution in [-0.2, 0) is 17.8 Å². The summed E-state index contributed by atoms with van der Waals surface area (Å²) in [5.41, 5.74) is 3.31. The van der Waals surface area contributed by atoms with Gasteiger partial charge in [-0.25, -0.2) is 9.78 Å². The van der Waals surface area contributed by atoms with Gasteiger partial charge in [-0.05, 0) is 36.5 Å². The van der Waals surface area contributed by atoms with Gasteiger partial charge in [0.05, 0.1) is 0 Å². The van der Waals surface area contributed by atoms with Crippen LogP contribution in [0.3, 0.4) is 0 Å². The van der Waals surface area contributed by atoms with Crippen LogP contribution in [0.1, 0.15) is 53.2 Å².